The van der Waals surface area contributed by atoms with Crippen molar-refractivity contribution in [1.29, 1.82) is 0 Å². The average Bonchev–Trinajstić information content (AvgIpc) is 2.74. The molecule has 2 atom stereocenters. The predicted octanol–water partition coefficient (Wildman–Crippen LogP) is 2.46. The SMILES string of the molecule is CC1CCCCC1(CO)NC1CCCC1. The van der Waals surface area contributed by atoms with Crippen molar-refractivity contribution in [3.63, 3.8) is 0 Å². The lowest BCUT2D eigenvalue weighted by molar-refractivity contribution is 0.0641. The van der Waals surface area contributed by atoms with E-state index in [1.165, 1.54) is 51.4 Å². The molecule has 15 heavy (non-hydrogen) atoms. The molecule has 0 saturated heterocycles. The summed E-state index contributed by atoms with van der Waals surface area (Å²) in [6, 6.07) is 0.678. The molecule has 2 aliphatic carbocycles. The van der Waals surface area contributed by atoms with Gasteiger partial charge in [-0.2, -0.15) is 0 Å². The van der Waals surface area contributed by atoms with Crippen LogP contribution in [-0.4, -0.2) is 23.3 Å². The van der Waals surface area contributed by atoms with Crippen LogP contribution in [-0.2, 0) is 0 Å². The van der Waals surface area contributed by atoms with Crippen molar-refractivity contribution < 1.29 is 5.11 Å². The summed E-state index contributed by atoms with van der Waals surface area (Å²) in [4.78, 5) is 0. The van der Waals surface area contributed by atoms with Crippen LogP contribution >= 0.6 is 0 Å². The van der Waals surface area contributed by atoms with Crippen molar-refractivity contribution in [2.75, 3.05) is 6.61 Å². The molecule has 0 aromatic rings. The number of rotatable bonds is 3. The Morgan fingerprint density at radius 1 is 1.13 bits per heavy atom. The highest BCUT2D eigenvalue weighted by atomic mass is 16.3. The highest BCUT2D eigenvalue weighted by molar-refractivity contribution is 4.97. The summed E-state index contributed by atoms with van der Waals surface area (Å²) in [5.74, 6) is 0.636. The van der Waals surface area contributed by atoms with Gasteiger partial charge in [0.05, 0.1) is 6.61 Å². The number of aliphatic hydroxyl groups excluding tert-OH is 1. The number of hydrogen-bond acceptors (Lipinski definition) is 2. The minimum Gasteiger partial charge on any atom is -0.394 e. The largest absolute Gasteiger partial charge is 0.394 e. The summed E-state index contributed by atoms with van der Waals surface area (Å²) >= 11 is 0. The smallest absolute Gasteiger partial charge is 0.0616 e. The van der Waals surface area contributed by atoms with Crippen LogP contribution in [0.15, 0.2) is 0 Å². The Kier molecular flexibility index (Phi) is 3.68. The van der Waals surface area contributed by atoms with Crippen LogP contribution in [0, 0.1) is 5.92 Å². The first-order valence-corrected chi connectivity index (χ1v) is 6.65. The van der Waals surface area contributed by atoms with Crippen molar-refractivity contribution >= 4 is 0 Å². The molecule has 0 spiro atoms. The summed E-state index contributed by atoms with van der Waals surface area (Å²) in [6.07, 6.45) is 10.4. The molecule has 2 saturated carbocycles. The van der Waals surface area contributed by atoms with Gasteiger partial charge in [-0.1, -0.05) is 32.6 Å². The normalized spacial score (nSPS) is 38.4. The third-order valence-corrected chi connectivity index (χ3v) is 4.58. The zero-order valence-electron chi connectivity index (χ0n) is 9.97. The van der Waals surface area contributed by atoms with E-state index < -0.39 is 0 Å². The van der Waals surface area contributed by atoms with Gasteiger partial charge in [-0.05, 0) is 31.6 Å². The van der Waals surface area contributed by atoms with E-state index >= 15 is 0 Å². The van der Waals surface area contributed by atoms with Crippen molar-refractivity contribution in [3.05, 3.63) is 0 Å². The molecule has 0 aliphatic heterocycles. The molecule has 0 aromatic heterocycles. The van der Waals surface area contributed by atoms with E-state index in [1.807, 2.05) is 0 Å². The fourth-order valence-corrected chi connectivity index (χ4v) is 3.39. The van der Waals surface area contributed by atoms with Gasteiger partial charge in [0, 0.05) is 11.6 Å². The van der Waals surface area contributed by atoms with Gasteiger partial charge in [0.15, 0.2) is 0 Å². The van der Waals surface area contributed by atoms with E-state index in [9.17, 15) is 5.11 Å². The lowest BCUT2D eigenvalue weighted by Gasteiger charge is -2.44. The van der Waals surface area contributed by atoms with Gasteiger partial charge in [0.1, 0.15) is 0 Å². The molecule has 2 unspecified atom stereocenters. The molecular weight excluding hydrogens is 186 g/mol. The molecule has 88 valence electrons. The van der Waals surface area contributed by atoms with Crippen LogP contribution < -0.4 is 5.32 Å². The Bertz CT molecular complexity index is 201. The predicted molar refractivity (Wildman–Crippen MR) is 62.8 cm³/mol. The Morgan fingerprint density at radius 3 is 2.40 bits per heavy atom. The van der Waals surface area contributed by atoms with Crippen LogP contribution in [0.3, 0.4) is 0 Å². The van der Waals surface area contributed by atoms with E-state index in [2.05, 4.69) is 12.2 Å². The molecule has 2 nitrogen and oxygen atoms in total. The summed E-state index contributed by atoms with van der Waals surface area (Å²) < 4.78 is 0. The second-order valence-electron chi connectivity index (χ2n) is 5.59. The van der Waals surface area contributed by atoms with Crippen LogP contribution in [0.5, 0.6) is 0 Å². The van der Waals surface area contributed by atoms with E-state index in [-0.39, 0.29) is 5.54 Å². The molecule has 2 rings (SSSR count). The maximum absolute atomic E-state index is 9.71. The fourth-order valence-electron chi connectivity index (χ4n) is 3.39. The molecule has 0 aromatic carbocycles. The van der Waals surface area contributed by atoms with Crippen molar-refractivity contribution in [1.82, 2.24) is 5.32 Å². The first-order valence-electron chi connectivity index (χ1n) is 6.65. The van der Waals surface area contributed by atoms with E-state index in [4.69, 9.17) is 0 Å². The Labute approximate surface area is 93.5 Å². The second kappa shape index (κ2) is 4.84. The van der Waals surface area contributed by atoms with Crippen LogP contribution in [0.4, 0.5) is 0 Å². The number of hydrogen-bond donors (Lipinski definition) is 2. The molecule has 2 N–H and O–H groups in total. The van der Waals surface area contributed by atoms with Gasteiger partial charge < -0.3 is 10.4 Å². The van der Waals surface area contributed by atoms with Crippen LogP contribution in [0.1, 0.15) is 58.3 Å². The molecule has 0 radical (unpaired) electrons. The molecule has 2 heteroatoms. The minimum atomic E-state index is 0.0489. The van der Waals surface area contributed by atoms with Gasteiger partial charge in [-0.25, -0.2) is 0 Å². The van der Waals surface area contributed by atoms with Crippen LogP contribution in [0.2, 0.25) is 0 Å². The van der Waals surface area contributed by atoms with E-state index in [1.54, 1.807) is 0 Å². The molecule has 0 amide bonds. The summed E-state index contributed by atoms with van der Waals surface area (Å²) in [7, 11) is 0. The third-order valence-electron chi connectivity index (χ3n) is 4.58. The maximum atomic E-state index is 9.71. The number of nitrogens with one attached hydrogen (secondary N) is 1. The first kappa shape index (κ1) is 11.4. The Morgan fingerprint density at radius 2 is 1.80 bits per heavy atom. The monoisotopic (exact) mass is 211 g/mol. The topological polar surface area (TPSA) is 32.3 Å². The second-order valence-corrected chi connectivity index (χ2v) is 5.59. The molecule has 2 aliphatic rings. The number of aliphatic hydroxyl groups is 1. The first-order chi connectivity index (χ1) is 7.27. The zero-order valence-corrected chi connectivity index (χ0v) is 9.97. The van der Waals surface area contributed by atoms with Gasteiger partial charge in [0.25, 0.3) is 0 Å². The lowest BCUT2D eigenvalue weighted by atomic mass is 9.73. The van der Waals surface area contributed by atoms with E-state index in [0.29, 0.717) is 18.6 Å². The summed E-state index contributed by atoms with van der Waals surface area (Å²) in [5, 5.41) is 13.5. The maximum Gasteiger partial charge on any atom is 0.0616 e. The van der Waals surface area contributed by atoms with Crippen molar-refractivity contribution in [2.24, 2.45) is 5.92 Å². The summed E-state index contributed by atoms with van der Waals surface area (Å²) in [5.41, 5.74) is 0.0489. The molecule has 2 fully saturated rings. The minimum absolute atomic E-state index is 0.0489. The molecule has 0 heterocycles. The molecule has 0 bridgehead atoms. The third kappa shape index (κ3) is 2.36. The van der Waals surface area contributed by atoms with Gasteiger partial charge >= 0.3 is 0 Å². The Hall–Kier alpha value is -0.0800. The van der Waals surface area contributed by atoms with Gasteiger partial charge in [0.2, 0.25) is 0 Å². The average molecular weight is 211 g/mol. The zero-order chi connectivity index (χ0) is 10.7. The quantitative estimate of drug-likeness (QED) is 0.751. The van der Waals surface area contributed by atoms with Gasteiger partial charge in [-0.3, -0.25) is 0 Å². The Balaban J connectivity index is 1.98. The van der Waals surface area contributed by atoms with Crippen LogP contribution in [0.25, 0.3) is 0 Å². The lowest BCUT2D eigenvalue weighted by Crippen LogP contribution is -2.57. The highest BCUT2D eigenvalue weighted by Gasteiger charge is 2.39. The highest BCUT2D eigenvalue weighted by Crippen LogP contribution is 2.35. The standard InChI is InChI=1S/C13H25NO/c1-11-6-4-5-9-13(11,10-15)14-12-7-2-3-8-12/h11-12,14-15H,2-10H2,1H3. The van der Waals surface area contributed by atoms with Crippen molar-refractivity contribution in [3.8, 4) is 0 Å². The molecular formula is C13H25NO. The summed E-state index contributed by atoms with van der Waals surface area (Å²) in [6.45, 7) is 2.63. The van der Waals surface area contributed by atoms with E-state index in [0.717, 1.165) is 0 Å². The fraction of sp³-hybridized carbons (Fsp3) is 1.00. The van der Waals surface area contributed by atoms with Crippen molar-refractivity contribution in [2.45, 2.75) is 69.9 Å². The van der Waals surface area contributed by atoms with Gasteiger partial charge in [-0.15, -0.1) is 0 Å².